The van der Waals surface area contributed by atoms with Crippen LogP contribution in [0.2, 0.25) is 0 Å². The number of halogens is 1. The van der Waals surface area contributed by atoms with E-state index in [1.54, 1.807) is 0 Å². The second-order valence-corrected chi connectivity index (χ2v) is 9.80. The lowest BCUT2D eigenvalue weighted by Gasteiger charge is -2.32. The lowest BCUT2D eigenvalue weighted by molar-refractivity contribution is 0.223. The van der Waals surface area contributed by atoms with Gasteiger partial charge in [-0.3, -0.25) is 4.39 Å². The number of hydrogen-bond donors (Lipinski definition) is 0. The number of unbranched alkanes of at least 4 members (excludes halogenated alkanes) is 1. The van der Waals surface area contributed by atoms with E-state index < -0.39 is 0 Å². The molecule has 0 atom stereocenters. The highest BCUT2D eigenvalue weighted by atomic mass is 19.1. The third-order valence-electron chi connectivity index (χ3n) is 7.73. The molecule has 1 nitrogen and oxygen atoms in total. The zero-order valence-electron chi connectivity index (χ0n) is 18.7. The molecular weight excluding hydrogens is 369 g/mol. The summed E-state index contributed by atoms with van der Waals surface area (Å²) in [6.45, 7) is -0.223. The van der Waals surface area contributed by atoms with E-state index in [0.29, 0.717) is 12.3 Å². The van der Waals surface area contributed by atoms with Gasteiger partial charge in [-0.1, -0.05) is 69.2 Å². The first-order valence-electron chi connectivity index (χ1n) is 12.5. The number of nitriles is 1. The largest absolute Gasteiger partial charge is 0.251 e. The quantitative estimate of drug-likeness (QED) is 0.281. The van der Waals surface area contributed by atoms with E-state index in [1.807, 2.05) is 18.2 Å². The van der Waals surface area contributed by atoms with Gasteiger partial charge in [-0.25, -0.2) is 0 Å². The Morgan fingerprint density at radius 2 is 1.30 bits per heavy atom. The lowest BCUT2D eigenvalue weighted by atomic mass is 9.74. The molecule has 2 heteroatoms. The molecular formula is C28H40FN. The predicted molar refractivity (Wildman–Crippen MR) is 124 cm³/mol. The Morgan fingerprint density at radius 3 is 1.87 bits per heavy atom. The van der Waals surface area contributed by atoms with Crippen LogP contribution in [0.25, 0.3) is 0 Å². The summed E-state index contributed by atoms with van der Waals surface area (Å²) in [5.41, 5.74) is 2.20. The molecule has 0 amide bonds. The summed E-state index contributed by atoms with van der Waals surface area (Å²) >= 11 is 0. The molecule has 2 fully saturated rings. The molecule has 0 radical (unpaired) electrons. The first-order valence-corrected chi connectivity index (χ1v) is 12.5. The Morgan fingerprint density at radius 1 is 0.767 bits per heavy atom. The lowest BCUT2D eigenvalue weighted by Crippen LogP contribution is -2.17. The molecule has 2 saturated carbocycles. The average Bonchev–Trinajstić information content (AvgIpc) is 2.81. The minimum atomic E-state index is -0.223. The van der Waals surface area contributed by atoms with Gasteiger partial charge in [-0.05, 0) is 86.3 Å². The molecule has 3 rings (SSSR count). The maximum absolute atomic E-state index is 12.1. The third kappa shape index (κ3) is 7.57. The molecule has 30 heavy (non-hydrogen) atoms. The summed E-state index contributed by atoms with van der Waals surface area (Å²) in [5.74, 6) is 3.56. The molecule has 0 unspecified atom stereocenters. The monoisotopic (exact) mass is 409 g/mol. The third-order valence-corrected chi connectivity index (χ3v) is 7.73. The van der Waals surface area contributed by atoms with Gasteiger partial charge in [-0.15, -0.1) is 0 Å². The molecule has 2 aliphatic carbocycles. The van der Waals surface area contributed by atoms with Crippen LogP contribution in [0.1, 0.15) is 107 Å². The van der Waals surface area contributed by atoms with Crippen molar-refractivity contribution in [2.24, 2.45) is 17.8 Å². The zero-order valence-corrected chi connectivity index (χ0v) is 18.7. The number of allylic oxidation sites excluding steroid dienone is 2. The Kier molecular flexibility index (Phi) is 9.94. The van der Waals surface area contributed by atoms with E-state index >= 15 is 0 Å². The van der Waals surface area contributed by atoms with Gasteiger partial charge < -0.3 is 0 Å². The normalized spacial score (nSPS) is 27.2. The van der Waals surface area contributed by atoms with Crippen LogP contribution in [0.5, 0.6) is 0 Å². The van der Waals surface area contributed by atoms with Gasteiger partial charge in [0.1, 0.15) is 0 Å². The molecule has 1 aromatic carbocycles. The summed E-state index contributed by atoms with van der Waals surface area (Å²) in [5, 5.41) is 8.97. The van der Waals surface area contributed by atoms with Crippen LogP contribution in [0.15, 0.2) is 36.4 Å². The van der Waals surface area contributed by atoms with Gasteiger partial charge in [0.25, 0.3) is 0 Å². The fourth-order valence-corrected chi connectivity index (χ4v) is 5.72. The van der Waals surface area contributed by atoms with Crippen LogP contribution >= 0.6 is 0 Å². The maximum Gasteiger partial charge on any atom is 0.0991 e. The number of benzene rings is 1. The first-order chi connectivity index (χ1) is 14.8. The van der Waals surface area contributed by atoms with Crippen LogP contribution in [-0.2, 0) is 0 Å². The Hall–Kier alpha value is -1.62. The van der Waals surface area contributed by atoms with E-state index in [4.69, 9.17) is 5.26 Å². The van der Waals surface area contributed by atoms with Crippen molar-refractivity contribution < 1.29 is 4.39 Å². The number of hydrogen-bond acceptors (Lipinski definition) is 1. The number of nitrogens with zero attached hydrogens (tertiary/aromatic N) is 1. The summed E-state index contributed by atoms with van der Waals surface area (Å²) in [6.07, 6.45) is 22.6. The summed E-state index contributed by atoms with van der Waals surface area (Å²) in [7, 11) is 0. The Bertz CT molecular complexity index is 655. The predicted octanol–water partition coefficient (Wildman–Crippen LogP) is 8.50. The van der Waals surface area contributed by atoms with E-state index in [2.05, 4.69) is 24.3 Å². The van der Waals surface area contributed by atoms with E-state index in [9.17, 15) is 4.39 Å². The van der Waals surface area contributed by atoms with E-state index in [0.717, 1.165) is 29.7 Å². The van der Waals surface area contributed by atoms with Gasteiger partial charge >= 0.3 is 0 Å². The second-order valence-electron chi connectivity index (χ2n) is 9.80. The highest BCUT2D eigenvalue weighted by molar-refractivity contribution is 5.33. The minimum absolute atomic E-state index is 0.223. The van der Waals surface area contributed by atoms with Gasteiger partial charge in [0.15, 0.2) is 0 Å². The summed E-state index contributed by atoms with van der Waals surface area (Å²) in [6, 6.07) is 10.5. The molecule has 0 heterocycles. The zero-order chi connectivity index (χ0) is 21.0. The smallest absolute Gasteiger partial charge is 0.0991 e. The number of alkyl halides is 1. The second kappa shape index (κ2) is 12.9. The van der Waals surface area contributed by atoms with Crippen LogP contribution in [0.4, 0.5) is 4.39 Å². The topological polar surface area (TPSA) is 23.8 Å². The minimum Gasteiger partial charge on any atom is -0.251 e. The van der Waals surface area contributed by atoms with Crippen molar-refractivity contribution in [2.45, 2.75) is 95.8 Å². The molecule has 0 aromatic heterocycles. The average molecular weight is 410 g/mol. The van der Waals surface area contributed by atoms with Gasteiger partial charge in [0.05, 0.1) is 18.3 Å². The molecule has 2 aliphatic rings. The molecule has 1 aromatic rings. The molecule has 164 valence electrons. The fraction of sp³-hybridized carbons (Fsp3) is 0.679. The first kappa shape index (κ1) is 23.1. The van der Waals surface area contributed by atoms with Gasteiger partial charge in [0, 0.05) is 0 Å². The van der Waals surface area contributed by atoms with E-state index in [1.165, 1.54) is 82.6 Å². The molecule has 0 bridgehead atoms. The standard InChI is InChI=1S/C28H40FN/c29-21-5-3-1-2-4-6-23-7-9-24(10-8-23)11-12-25-13-17-27(18-14-25)28-19-15-26(22-30)16-20-28/h1,3,15-16,19-20,23-25,27H,2,4-14,17-18,21H2. The van der Waals surface area contributed by atoms with Crippen molar-refractivity contribution >= 4 is 0 Å². The molecule has 0 saturated heterocycles. The van der Waals surface area contributed by atoms with E-state index in [-0.39, 0.29) is 6.67 Å². The van der Waals surface area contributed by atoms with Crippen molar-refractivity contribution in [3.05, 3.63) is 47.5 Å². The SMILES string of the molecule is N#Cc1ccc(C2CCC(CCC3CCC(CCCC=CCCF)CC3)CC2)cc1. The van der Waals surface area contributed by atoms with Crippen molar-refractivity contribution in [2.75, 3.05) is 6.67 Å². The molecule has 0 spiro atoms. The molecule has 0 N–H and O–H groups in total. The van der Waals surface area contributed by atoms with Crippen LogP contribution in [0, 0.1) is 29.1 Å². The highest BCUT2D eigenvalue weighted by Crippen LogP contribution is 2.40. The van der Waals surface area contributed by atoms with Gasteiger partial charge in [-0.2, -0.15) is 5.26 Å². The maximum atomic E-state index is 12.1. The van der Waals surface area contributed by atoms with Crippen LogP contribution in [-0.4, -0.2) is 6.67 Å². The number of rotatable bonds is 10. The Balaban J connectivity index is 1.26. The summed E-state index contributed by atoms with van der Waals surface area (Å²) in [4.78, 5) is 0. The fourth-order valence-electron chi connectivity index (χ4n) is 5.72. The highest BCUT2D eigenvalue weighted by Gasteiger charge is 2.25. The van der Waals surface area contributed by atoms with Crippen LogP contribution < -0.4 is 0 Å². The van der Waals surface area contributed by atoms with Crippen molar-refractivity contribution in [1.29, 1.82) is 5.26 Å². The Labute approximate surface area is 183 Å². The summed E-state index contributed by atoms with van der Waals surface area (Å²) < 4.78 is 12.1. The van der Waals surface area contributed by atoms with Crippen molar-refractivity contribution in [3.8, 4) is 6.07 Å². The molecule has 0 aliphatic heterocycles. The van der Waals surface area contributed by atoms with Crippen LogP contribution in [0.3, 0.4) is 0 Å². The van der Waals surface area contributed by atoms with Gasteiger partial charge in [0.2, 0.25) is 0 Å². The van der Waals surface area contributed by atoms with Crippen molar-refractivity contribution in [1.82, 2.24) is 0 Å². The van der Waals surface area contributed by atoms with Crippen molar-refractivity contribution in [3.63, 3.8) is 0 Å².